The van der Waals surface area contributed by atoms with E-state index in [1.807, 2.05) is 6.92 Å². The Balaban J connectivity index is 2.19. The van der Waals surface area contributed by atoms with Gasteiger partial charge < -0.3 is 5.32 Å². The number of anilines is 1. The van der Waals surface area contributed by atoms with Crippen LogP contribution < -0.4 is 10.0 Å². The fourth-order valence-corrected chi connectivity index (χ4v) is 4.32. The highest BCUT2D eigenvalue weighted by atomic mass is 32.2. The topological polar surface area (TPSA) is 71.1 Å². The Hall–Kier alpha value is -1.44. The largest absolute Gasteiger partial charge is 0.310 e. The molecule has 0 unspecified atom stereocenters. The Bertz CT molecular complexity index is 694. The van der Waals surface area contributed by atoms with Crippen LogP contribution >= 0.6 is 11.3 Å². The lowest BCUT2D eigenvalue weighted by atomic mass is 10.3. The maximum Gasteiger partial charge on any atom is 0.271 e. The Kier molecular flexibility index (Phi) is 4.97. The lowest BCUT2D eigenvalue weighted by molar-refractivity contribution is 0.592. The molecule has 0 fully saturated rings. The molecule has 5 nitrogen and oxygen atoms in total. The Labute approximate surface area is 129 Å². The molecule has 114 valence electrons. The molecule has 2 aromatic rings. The summed E-state index contributed by atoms with van der Waals surface area (Å²) in [5, 5.41) is 3.30. The van der Waals surface area contributed by atoms with E-state index in [9.17, 15) is 8.42 Å². The van der Waals surface area contributed by atoms with Crippen molar-refractivity contribution in [3.8, 4) is 0 Å². The van der Waals surface area contributed by atoms with Crippen LogP contribution in [0.1, 0.15) is 24.3 Å². The summed E-state index contributed by atoms with van der Waals surface area (Å²) in [5.41, 5.74) is 1.50. The van der Waals surface area contributed by atoms with Gasteiger partial charge in [-0.05, 0) is 30.7 Å². The minimum absolute atomic E-state index is 0.331. The van der Waals surface area contributed by atoms with Crippen LogP contribution in [0.25, 0.3) is 0 Å². The van der Waals surface area contributed by atoms with Crippen molar-refractivity contribution in [3.05, 3.63) is 41.0 Å². The number of nitrogens with one attached hydrogen (secondary N) is 2. The normalized spacial score (nSPS) is 11.8. The molecule has 0 spiro atoms. The molecule has 2 N–H and O–H groups in total. The SMILES string of the molecule is Cc1cc(S(=O)(=O)Nc2ccncc2)sc1CNC(C)C. The van der Waals surface area contributed by atoms with Gasteiger partial charge in [-0.3, -0.25) is 9.71 Å². The van der Waals surface area contributed by atoms with Crippen molar-refractivity contribution in [1.82, 2.24) is 10.3 Å². The summed E-state index contributed by atoms with van der Waals surface area (Å²) in [6, 6.07) is 5.32. The average molecular weight is 325 g/mol. The number of thiophene rings is 1. The van der Waals surface area contributed by atoms with Gasteiger partial charge in [0.25, 0.3) is 10.0 Å². The second-order valence-electron chi connectivity index (χ2n) is 5.05. The third-order valence-electron chi connectivity index (χ3n) is 2.87. The first-order valence-electron chi connectivity index (χ1n) is 6.64. The van der Waals surface area contributed by atoms with E-state index in [-0.39, 0.29) is 0 Å². The zero-order chi connectivity index (χ0) is 15.5. The van der Waals surface area contributed by atoms with Crippen molar-refractivity contribution in [3.63, 3.8) is 0 Å². The van der Waals surface area contributed by atoms with E-state index < -0.39 is 10.0 Å². The zero-order valence-corrected chi connectivity index (χ0v) is 13.9. The summed E-state index contributed by atoms with van der Waals surface area (Å²) in [6.07, 6.45) is 3.10. The minimum atomic E-state index is -3.54. The first kappa shape index (κ1) is 15.9. The fraction of sp³-hybridized carbons (Fsp3) is 0.357. The van der Waals surface area contributed by atoms with E-state index in [1.165, 1.54) is 11.3 Å². The number of rotatable bonds is 6. The summed E-state index contributed by atoms with van der Waals surface area (Å²) in [4.78, 5) is 4.91. The van der Waals surface area contributed by atoms with Gasteiger partial charge in [0.1, 0.15) is 4.21 Å². The predicted octanol–water partition coefficient (Wildman–Crippen LogP) is 2.75. The number of hydrogen-bond acceptors (Lipinski definition) is 5. The number of sulfonamides is 1. The van der Waals surface area contributed by atoms with Gasteiger partial charge in [-0.25, -0.2) is 8.42 Å². The van der Waals surface area contributed by atoms with Crippen LogP contribution in [0, 0.1) is 6.92 Å². The van der Waals surface area contributed by atoms with Crippen molar-refractivity contribution in [2.24, 2.45) is 0 Å². The third kappa shape index (κ3) is 4.26. The summed E-state index contributed by atoms with van der Waals surface area (Å²) < 4.78 is 27.6. The molecule has 21 heavy (non-hydrogen) atoms. The number of aryl methyl sites for hydroxylation is 1. The Morgan fingerprint density at radius 2 is 1.95 bits per heavy atom. The molecule has 7 heteroatoms. The molecule has 0 saturated carbocycles. The van der Waals surface area contributed by atoms with Gasteiger partial charge in [0.05, 0.1) is 5.69 Å². The Morgan fingerprint density at radius 3 is 2.57 bits per heavy atom. The van der Waals surface area contributed by atoms with Crippen LogP contribution in [-0.4, -0.2) is 19.4 Å². The van der Waals surface area contributed by atoms with E-state index in [1.54, 1.807) is 30.6 Å². The number of nitrogens with zero attached hydrogens (tertiary/aromatic N) is 1. The summed E-state index contributed by atoms with van der Waals surface area (Å²) >= 11 is 1.30. The van der Waals surface area contributed by atoms with Crippen LogP contribution in [0.15, 0.2) is 34.8 Å². The molecule has 0 amide bonds. The lowest BCUT2D eigenvalue weighted by Crippen LogP contribution is -2.21. The summed E-state index contributed by atoms with van der Waals surface area (Å²) in [5.74, 6) is 0. The molecule has 0 saturated heterocycles. The van der Waals surface area contributed by atoms with Crippen molar-refractivity contribution in [2.45, 2.75) is 37.6 Å². The van der Waals surface area contributed by atoms with E-state index in [2.05, 4.69) is 28.9 Å². The average Bonchev–Trinajstić information content (AvgIpc) is 2.79. The van der Waals surface area contributed by atoms with Gasteiger partial charge in [-0.1, -0.05) is 13.8 Å². The van der Waals surface area contributed by atoms with Crippen molar-refractivity contribution < 1.29 is 8.42 Å². The molecule has 0 aliphatic heterocycles. The van der Waals surface area contributed by atoms with Crippen molar-refractivity contribution >= 4 is 27.0 Å². The minimum Gasteiger partial charge on any atom is -0.310 e. The van der Waals surface area contributed by atoms with E-state index in [0.717, 1.165) is 10.4 Å². The quantitative estimate of drug-likeness (QED) is 0.857. The third-order valence-corrected chi connectivity index (χ3v) is 5.96. The smallest absolute Gasteiger partial charge is 0.271 e. The van der Waals surface area contributed by atoms with Crippen LogP contribution in [0.4, 0.5) is 5.69 Å². The van der Waals surface area contributed by atoms with Gasteiger partial charge in [-0.2, -0.15) is 0 Å². The molecule has 2 heterocycles. The maximum absolute atomic E-state index is 12.4. The van der Waals surface area contributed by atoms with Crippen LogP contribution in [0.3, 0.4) is 0 Å². The molecule has 0 aromatic carbocycles. The lowest BCUT2D eigenvalue weighted by Gasteiger charge is -2.07. The highest BCUT2D eigenvalue weighted by Crippen LogP contribution is 2.27. The molecule has 0 atom stereocenters. The van der Waals surface area contributed by atoms with Crippen LogP contribution in [0.2, 0.25) is 0 Å². The molecule has 2 rings (SSSR count). The van der Waals surface area contributed by atoms with Gasteiger partial charge in [0.15, 0.2) is 0 Å². The second kappa shape index (κ2) is 6.55. The molecule has 0 aliphatic rings. The number of pyridine rings is 1. The summed E-state index contributed by atoms with van der Waals surface area (Å²) in [6.45, 7) is 6.73. The highest BCUT2D eigenvalue weighted by Gasteiger charge is 2.19. The predicted molar refractivity (Wildman–Crippen MR) is 86.1 cm³/mol. The highest BCUT2D eigenvalue weighted by molar-refractivity contribution is 7.94. The molecule has 0 bridgehead atoms. The molecule has 0 radical (unpaired) electrons. The van der Waals surface area contributed by atoms with Crippen LogP contribution in [-0.2, 0) is 16.6 Å². The number of aromatic nitrogens is 1. The standard InChI is InChI=1S/C14H19N3O2S2/c1-10(2)16-9-13-11(3)8-14(20-13)21(18,19)17-12-4-6-15-7-5-12/h4-8,10,16H,9H2,1-3H3,(H,15,17). The van der Waals surface area contributed by atoms with Gasteiger partial charge >= 0.3 is 0 Å². The van der Waals surface area contributed by atoms with Crippen molar-refractivity contribution in [1.29, 1.82) is 0 Å². The van der Waals surface area contributed by atoms with E-state index in [4.69, 9.17) is 0 Å². The monoisotopic (exact) mass is 325 g/mol. The van der Waals surface area contributed by atoms with Crippen molar-refractivity contribution in [2.75, 3.05) is 4.72 Å². The molecular weight excluding hydrogens is 306 g/mol. The number of hydrogen-bond donors (Lipinski definition) is 2. The van der Waals surface area contributed by atoms with Gasteiger partial charge in [0, 0.05) is 29.9 Å². The van der Waals surface area contributed by atoms with E-state index in [0.29, 0.717) is 22.5 Å². The summed E-state index contributed by atoms with van der Waals surface area (Å²) in [7, 11) is -3.54. The first-order valence-corrected chi connectivity index (χ1v) is 8.94. The molecular formula is C14H19N3O2S2. The van der Waals surface area contributed by atoms with E-state index >= 15 is 0 Å². The second-order valence-corrected chi connectivity index (χ2v) is 8.09. The fourth-order valence-electron chi connectivity index (χ4n) is 1.72. The Morgan fingerprint density at radius 1 is 1.29 bits per heavy atom. The van der Waals surface area contributed by atoms with Gasteiger partial charge in [-0.15, -0.1) is 11.3 Å². The molecule has 0 aliphatic carbocycles. The van der Waals surface area contributed by atoms with Crippen LogP contribution in [0.5, 0.6) is 0 Å². The zero-order valence-electron chi connectivity index (χ0n) is 12.3. The maximum atomic E-state index is 12.4. The first-order chi connectivity index (χ1) is 9.88. The molecule has 2 aromatic heterocycles. The van der Waals surface area contributed by atoms with Gasteiger partial charge in [0.2, 0.25) is 0 Å².